The molecule has 0 saturated heterocycles. The number of benzene rings is 1. The number of aryl methyl sites for hydroxylation is 1. The molecule has 0 bridgehead atoms. The van der Waals surface area contributed by atoms with Crippen molar-refractivity contribution in [2.75, 3.05) is 4.90 Å². The van der Waals surface area contributed by atoms with Crippen LogP contribution in [-0.2, 0) is 17.8 Å². The number of hydrogen-bond acceptors (Lipinski definition) is 5. The zero-order valence-corrected chi connectivity index (χ0v) is 12.2. The van der Waals surface area contributed by atoms with Gasteiger partial charge in [0.15, 0.2) is 5.82 Å². The first-order chi connectivity index (χ1) is 9.61. The predicted molar refractivity (Wildman–Crippen MR) is 73.3 cm³/mol. The first-order valence-electron chi connectivity index (χ1n) is 6.08. The fourth-order valence-corrected chi connectivity index (χ4v) is 2.63. The molecule has 1 aromatic heterocycles. The van der Waals surface area contributed by atoms with Gasteiger partial charge in [0.2, 0.25) is 5.89 Å². The molecule has 0 spiro atoms. The number of rotatable bonds is 3. The van der Waals surface area contributed by atoms with Crippen molar-refractivity contribution in [2.24, 2.45) is 0 Å². The van der Waals surface area contributed by atoms with E-state index >= 15 is 0 Å². The van der Waals surface area contributed by atoms with Gasteiger partial charge in [-0.2, -0.15) is 4.98 Å². The summed E-state index contributed by atoms with van der Waals surface area (Å²) in [4.78, 5) is 29.6. The van der Waals surface area contributed by atoms with E-state index in [2.05, 4.69) is 26.1 Å². The van der Waals surface area contributed by atoms with Gasteiger partial charge in [-0.05, 0) is 28.1 Å². The normalized spacial score (nSPS) is 14.0. The summed E-state index contributed by atoms with van der Waals surface area (Å²) in [7, 11) is 0. The minimum absolute atomic E-state index is 0.123. The number of carbonyl (C=O) groups is 2. The average molecular weight is 336 g/mol. The van der Waals surface area contributed by atoms with E-state index in [-0.39, 0.29) is 6.54 Å². The van der Waals surface area contributed by atoms with Gasteiger partial charge < -0.3 is 4.52 Å². The molecule has 6 nitrogen and oxygen atoms in total. The Morgan fingerprint density at radius 1 is 1.35 bits per heavy atom. The lowest BCUT2D eigenvalue weighted by Gasteiger charge is -2.13. The SMILES string of the molecule is CCc1nc(CN2C(=O)C(=O)c3c(Br)cccc32)no1. The van der Waals surface area contributed by atoms with Crippen LogP contribution >= 0.6 is 15.9 Å². The van der Waals surface area contributed by atoms with E-state index in [1.54, 1.807) is 18.2 Å². The molecule has 1 aliphatic rings. The maximum absolute atomic E-state index is 12.1. The second kappa shape index (κ2) is 4.82. The molecule has 0 aliphatic carbocycles. The third kappa shape index (κ3) is 1.94. The zero-order chi connectivity index (χ0) is 14.3. The van der Waals surface area contributed by atoms with Crippen LogP contribution in [0.1, 0.15) is 29.0 Å². The maximum Gasteiger partial charge on any atom is 0.299 e. The Labute approximate surface area is 122 Å². The van der Waals surface area contributed by atoms with E-state index in [1.165, 1.54) is 4.90 Å². The van der Waals surface area contributed by atoms with Crippen molar-refractivity contribution in [3.8, 4) is 0 Å². The quantitative estimate of drug-likeness (QED) is 0.803. The number of aromatic nitrogens is 2. The summed E-state index contributed by atoms with van der Waals surface area (Å²) in [6.07, 6.45) is 0.627. The van der Waals surface area contributed by atoms with Crippen LogP contribution in [0.25, 0.3) is 0 Å². The van der Waals surface area contributed by atoms with Gasteiger partial charge >= 0.3 is 0 Å². The highest BCUT2D eigenvalue weighted by atomic mass is 79.9. The third-order valence-corrected chi connectivity index (χ3v) is 3.72. The minimum Gasteiger partial charge on any atom is -0.339 e. The van der Waals surface area contributed by atoms with Crippen LogP contribution in [0.15, 0.2) is 27.2 Å². The van der Waals surface area contributed by atoms with Gasteiger partial charge in [-0.3, -0.25) is 14.5 Å². The van der Waals surface area contributed by atoms with E-state index in [1.807, 2.05) is 6.92 Å². The van der Waals surface area contributed by atoms with E-state index in [4.69, 9.17) is 4.52 Å². The lowest BCUT2D eigenvalue weighted by molar-refractivity contribution is -0.114. The van der Waals surface area contributed by atoms with Crippen LogP contribution in [0.5, 0.6) is 0 Å². The molecule has 2 aromatic rings. The highest BCUT2D eigenvalue weighted by Gasteiger charge is 2.37. The van der Waals surface area contributed by atoms with Crippen molar-refractivity contribution in [3.05, 3.63) is 40.0 Å². The average Bonchev–Trinajstić information content (AvgIpc) is 2.99. The van der Waals surface area contributed by atoms with Crippen LogP contribution in [0.4, 0.5) is 5.69 Å². The molecule has 0 unspecified atom stereocenters. The molecular weight excluding hydrogens is 326 g/mol. The van der Waals surface area contributed by atoms with Gasteiger partial charge in [-0.25, -0.2) is 0 Å². The number of halogens is 1. The molecule has 0 atom stereocenters. The smallest absolute Gasteiger partial charge is 0.299 e. The van der Waals surface area contributed by atoms with Crippen molar-refractivity contribution < 1.29 is 14.1 Å². The van der Waals surface area contributed by atoms with Crippen molar-refractivity contribution in [1.82, 2.24) is 10.1 Å². The lowest BCUT2D eigenvalue weighted by Crippen LogP contribution is -2.29. The number of carbonyl (C=O) groups excluding carboxylic acids is 2. The Morgan fingerprint density at radius 3 is 2.85 bits per heavy atom. The topological polar surface area (TPSA) is 76.3 Å². The highest BCUT2D eigenvalue weighted by Crippen LogP contribution is 2.34. The Kier molecular flexibility index (Phi) is 3.13. The van der Waals surface area contributed by atoms with Crippen molar-refractivity contribution >= 4 is 33.3 Å². The van der Waals surface area contributed by atoms with E-state index in [9.17, 15) is 9.59 Å². The number of ketones is 1. The Hall–Kier alpha value is -2.02. The van der Waals surface area contributed by atoms with Gasteiger partial charge in [0.1, 0.15) is 0 Å². The monoisotopic (exact) mass is 335 g/mol. The Morgan fingerprint density at radius 2 is 2.15 bits per heavy atom. The summed E-state index contributed by atoms with van der Waals surface area (Å²) in [6.45, 7) is 2.02. The fourth-order valence-electron chi connectivity index (χ4n) is 2.10. The molecule has 3 rings (SSSR count). The van der Waals surface area contributed by atoms with Gasteiger partial charge in [-0.15, -0.1) is 0 Å². The number of hydrogen-bond donors (Lipinski definition) is 0. The van der Waals surface area contributed by atoms with E-state index in [0.717, 1.165) is 0 Å². The van der Waals surface area contributed by atoms with Crippen LogP contribution < -0.4 is 4.90 Å². The zero-order valence-electron chi connectivity index (χ0n) is 10.6. The Bertz CT molecular complexity index is 711. The molecule has 0 radical (unpaired) electrons. The third-order valence-electron chi connectivity index (χ3n) is 3.06. The summed E-state index contributed by atoms with van der Waals surface area (Å²) >= 11 is 3.29. The summed E-state index contributed by atoms with van der Waals surface area (Å²) in [5, 5.41) is 3.80. The van der Waals surface area contributed by atoms with Crippen molar-refractivity contribution in [2.45, 2.75) is 19.9 Å². The summed E-state index contributed by atoms with van der Waals surface area (Å²) in [5.74, 6) is -0.204. The number of amides is 1. The standard InChI is InChI=1S/C13H10BrN3O3/c1-2-10-15-9(16-20-10)6-17-8-5-3-4-7(14)11(8)12(18)13(17)19/h3-5H,2,6H2,1H3. The summed E-state index contributed by atoms with van der Waals surface area (Å²) in [5.41, 5.74) is 0.953. The van der Waals surface area contributed by atoms with Crippen LogP contribution in [0.2, 0.25) is 0 Å². The molecule has 1 aromatic carbocycles. The van der Waals surface area contributed by atoms with E-state index in [0.29, 0.717) is 33.9 Å². The highest BCUT2D eigenvalue weighted by molar-refractivity contribution is 9.10. The van der Waals surface area contributed by atoms with Crippen molar-refractivity contribution in [1.29, 1.82) is 0 Å². The van der Waals surface area contributed by atoms with Crippen LogP contribution in [0, 0.1) is 0 Å². The summed E-state index contributed by atoms with van der Waals surface area (Å²) < 4.78 is 5.61. The lowest BCUT2D eigenvalue weighted by atomic mass is 10.1. The molecule has 20 heavy (non-hydrogen) atoms. The molecule has 0 fully saturated rings. The number of nitrogens with zero attached hydrogens (tertiary/aromatic N) is 3. The number of Topliss-reactive ketones (excluding diaryl/α,β-unsaturated/α-hetero) is 1. The van der Waals surface area contributed by atoms with Gasteiger partial charge in [-0.1, -0.05) is 18.1 Å². The van der Waals surface area contributed by atoms with Gasteiger partial charge in [0.05, 0.1) is 17.8 Å². The first-order valence-corrected chi connectivity index (χ1v) is 6.87. The first kappa shape index (κ1) is 13.0. The molecule has 0 saturated carbocycles. The minimum atomic E-state index is -0.574. The van der Waals surface area contributed by atoms with Gasteiger partial charge in [0.25, 0.3) is 11.7 Å². The largest absolute Gasteiger partial charge is 0.339 e. The molecular formula is C13H10BrN3O3. The second-order valence-corrected chi connectivity index (χ2v) is 5.17. The number of anilines is 1. The fraction of sp³-hybridized carbons (Fsp3) is 0.231. The second-order valence-electron chi connectivity index (χ2n) is 4.31. The molecule has 2 heterocycles. The Balaban J connectivity index is 1.97. The molecule has 1 amide bonds. The predicted octanol–water partition coefficient (Wildman–Crippen LogP) is 2.12. The molecule has 1 aliphatic heterocycles. The van der Waals surface area contributed by atoms with E-state index < -0.39 is 11.7 Å². The van der Waals surface area contributed by atoms with Crippen LogP contribution in [-0.4, -0.2) is 21.8 Å². The van der Waals surface area contributed by atoms with Crippen molar-refractivity contribution in [3.63, 3.8) is 0 Å². The molecule has 7 heteroatoms. The van der Waals surface area contributed by atoms with Crippen LogP contribution in [0.3, 0.4) is 0 Å². The maximum atomic E-state index is 12.1. The van der Waals surface area contributed by atoms with Gasteiger partial charge in [0, 0.05) is 10.9 Å². The number of fused-ring (bicyclic) bond motifs is 1. The summed E-state index contributed by atoms with van der Waals surface area (Å²) in [6, 6.07) is 5.23. The molecule has 0 N–H and O–H groups in total. The molecule has 102 valence electrons.